The normalized spacial score (nSPS) is 10.9. The van der Waals surface area contributed by atoms with Crippen molar-refractivity contribution >= 4 is 11.3 Å². The molecule has 2 aromatic heterocycles. The molecule has 0 aliphatic carbocycles. The maximum Gasteiger partial charge on any atom is 0.120 e. The molecule has 2 rings (SSSR count). The zero-order chi connectivity index (χ0) is 11.4. The average Bonchev–Trinajstić information content (AvgIpc) is 2.89. The third-order valence-electron chi connectivity index (χ3n) is 2.46. The Bertz CT molecular complexity index is 447. The topological polar surface area (TPSA) is 38.1 Å². The fourth-order valence-electron chi connectivity index (χ4n) is 1.48. The predicted octanol–water partition coefficient (Wildman–Crippen LogP) is 2.90. The molecular formula is C12H16N2OS. The van der Waals surface area contributed by atoms with Gasteiger partial charge in [-0.15, -0.1) is 11.3 Å². The number of furan rings is 1. The number of hydrogen-bond donors (Lipinski definition) is 1. The Balaban J connectivity index is 1.82. The first-order valence-electron chi connectivity index (χ1n) is 5.46. The van der Waals surface area contributed by atoms with Crippen molar-refractivity contribution in [1.82, 2.24) is 10.3 Å². The summed E-state index contributed by atoms with van der Waals surface area (Å²) in [5.41, 5.74) is 2.31. The molecule has 2 aromatic rings. The molecule has 0 aliphatic heterocycles. The van der Waals surface area contributed by atoms with Gasteiger partial charge in [-0.05, 0) is 25.0 Å². The molecule has 0 radical (unpaired) electrons. The van der Waals surface area contributed by atoms with Gasteiger partial charge in [0, 0.05) is 11.9 Å². The van der Waals surface area contributed by atoms with Gasteiger partial charge in [0.15, 0.2) is 0 Å². The Morgan fingerprint density at radius 1 is 1.44 bits per heavy atom. The van der Waals surface area contributed by atoms with Crippen molar-refractivity contribution in [2.75, 3.05) is 0 Å². The number of hydrogen-bond acceptors (Lipinski definition) is 4. The number of aromatic nitrogens is 1. The summed E-state index contributed by atoms with van der Waals surface area (Å²) in [4.78, 5) is 4.50. The summed E-state index contributed by atoms with van der Waals surface area (Å²) in [5.74, 6) is 1.01. The van der Waals surface area contributed by atoms with Crippen molar-refractivity contribution in [1.29, 1.82) is 0 Å². The van der Waals surface area contributed by atoms with E-state index < -0.39 is 0 Å². The second-order valence-corrected chi connectivity index (χ2v) is 4.66. The number of nitrogens with one attached hydrogen (secondary N) is 1. The van der Waals surface area contributed by atoms with Crippen LogP contribution in [0.4, 0.5) is 0 Å². The van der Waals surface area contributed by atoms with E-state index >= 15 is 0 Å². The van der Waals surface area contributed by atoms with E-state index in [2.05, 4.69) is 29.5 Å². The van der Waals surface area contributed by atoms with Crippen molar-refractivity contribution in [3.63, 3.8) is 0 Å². The lowest BCUT2D eigenvalue weighted by Crippen LogP contribution is -2.13. The molecule has 0 aromatic carbocycles. The molecule has 0 unspecified atom stereocenters. The second kappa shape index (κ2) is 5.27. The van der Waals surface area contributed by atoms with Crippen LogP contribution in [0, 0.1) is 6.92 Å². The van der Waals surface area contributed by atoms with Crippen LogP contribution in [0.2, 0.25) is 0 Å². The molecule has 0 saturated carbocycles. The van der Waals surface area contributed by atoms with Gasteiger partial charge in [-0.25, -0.2) is 4.98 Å². The quantitative estimate of drug-likeness (QED) is 0.867. The molecule has 0 atom stereocenters. The Labute approximate surface area is 99.5 Å². The number of thiazole rings is 1. The predicted molar refractivity (Wildman–Crippen MR) is 65.5 cm³/mol. The maximum atomic E-state index is 5.35. The Morgan fingerprint density at radius 3 is 2.94 bits per heavy atom. The van der Waals surface area contributed by atoms with E-state index in [-0.39, 0.29) is 0 Å². The molecule has 0 bridgehead atoms. The van der Waals surface area contributed by atoms with Crippen molar-refractivity contribution < 1.29 is 4.42 Å². The van der Waals surface area contributed by atoms with E-state index in [1.165, 1.54) is 10.6 Å². The highest BCUT2D eigenvalue weighted by molar-refractivity contribution is 7.09. The molecule has 0 amide bonds. The first-order chi connectivity index (χ1) is 7.79. The first kappa shape index (κ1) is 11.4. The van der Waals surface area contributed by atoms with Gasteiger partial charge >= 0.3 is 0 Å². The molecule has 0 saturated heterocycles. The van der Waals surface area contributed by atoms with Crippen molar-refractivity contribution in [3.8, 4) is 0 Å². The van der Waals surface area contributed by atoms with Crippen LogP contribution < -0.4 is 5.32 Å². The van der Waals surface area contributed by atoms with Crippen LogP contribution in [0.25, 0.3) is 0 Å². The molecule has 3 nitrogen and oxygen atoms in total. The van der Waals surface area contributed by atoms with Crippen LogP contribution >= 0.6 is 11.3 Å². The zero-order valence-electron chi connectivity index (χ0n) is 9.62. The lowest BCUT2D eigenvalue weighted by molar-refractivity contribution is 0.479. The van der Waals surface area contributed by atoms with E-state index in [9.17, 15) is 0 Å². The third kappa shape index (κ3) is 2.71. The van der Waals surface area contributed by atoms with Crippen LogP contribution in [-0.4, -0.2) is 4.98 Å². The SMILES string of the molecule is CCc1nc(CNCc2occc2C)cs1. The summed E-state index contributed by atoms with van der Waals surface area (Å²) in [5, 5.41) is 6.64. The van der Waals surface area contributed by atoms with Gasteiger partial charge in [-0.2, -0.15) is 0 Å². The highest BCUT2D eigenvalue weighted by Crippen LogP contribution is 2.11. The summed E-state index contributed by atoms with van der Waals surface area (Å²) in [6.45, 7) is 5.75. The monoisotopic (exact) mass is 236 g/mol. The minimum absolute atomic E-state index is 0.762. The standard InChI is InChI=1S/C12H16N2OS/c1-3-12-14-10(8-16-12)6-13-7-11-9(2)4-5-15-11/h4-5,8,13H,3,6-7H2,1-2H3. The number of aryl methyl sites for hydroxylation is 2. The first-order valence-corrected chi connectivity index (χ1v) is 6.34. The van der Waals surface area contributed by atoms with E-state index in [4.69, 9.17) is 4.42 Å². The van der Waals surface area contributed by atoms with Crippen LogP contribution in [0.1, 0.15) is 28.9 Å². The van der Waals surface area contributed by atoms with Gasteiger partial charge in [-0.3, -0.25) is 0 Å². The van der Waals surface area contributed by atoms with Crippen LogP contribution in [0.15, 0.2) is 22.1 Å². The molecule has 0 aliphatic rings. The maximum absolute atomic E-state index is 5.35. The second-order valence-electron chi connectivity index (χ2n) is 3.72. The third-order valence-corrected chi connectivity index (χ3v) is 3.50. The molecule has 1 N–H and O–H groups in total. The Hall–Kier alpha value is -1.13. The molecule has 4 heteroatoms. The smallest absolute Gasteiger partial charge is 0.120 e. The minimum Gasteiger partial charge on any atom is -0.468 e. The van der Waals surface area contributed by atoms with E-state index in [0.717, 1.165) is 31.0 Å². The summed E-state index contributed by atoms with van der Waals surface area (Å²) in [6.07, 6.45) is 2.74. The van der Waals surface area contributed by atoms with Crippen LogP contribution in [0.3, 0.4) is 0 Å². The van der Waals surface area contributed by atoms with Gasteiger partial charge < -0.3 is 9.73 Å². The molecule has 2 heterocycles. The summed E-state index contributed by atoms with van der Waals surface area (Å²) in [7, 11) is 0. The van der Waals surface area contributed by atoms with E-state index in [1.54, 1.807) is 17.6 Å². The van der Waals surface area contributed by atoms with Gasteiger partial charge in [0.25, 0.3) is 0 Å². The van der Waals surface area contributed by atoms with E-state index in [0.29, 0.717) is 0 Å². The number of nitrogens with zero attached hydrogens (tertiary/aromatic N) is 1. The lowest BCUT2D eigenvalue weighted by Gasteiger charge is -2.00. The average molecular weight is 236 g/mol. The van der Waals surface area contributed by atoms with Crippen LogP contribution in [0.5, 0.6) is 0 Å². The van der Waals surface area contributed by atoms with Crippen molar-refractivity contribution in [2.24, 2.45) is 0 Å². The van der Waals surface area contributed by atoms with Gasteiger partial charge in [0.2, 0.25) is 0 Å². The van der Waals surface area contributed by atoms with E-state index in [1.807, 2.05) is 6.07 Å². The summed E-state index contributed by atoms with van der Waals surface area (Å²) in [6, 6.07) is 1.98. The minimum atomic E-state index is 0.762. The molecular weight excluding hydrogens is 220 g/mol. The molecule has 86 valence electrons. The fraction of sp³-hybridized carbons (Fsp3) is 0.417. The zero-order valence-corrected chi connectivity index (χ0v) is 10.4. The van der Waals surface area contributed by atoms with Crippen molar-refractivity contribution in [2.45, 2.75) is 33.4 Å². The van der Waals surface area contributed by atoms with Gasteiger partial charge in [0.1, 0.15) is 5.76 Å². The highest BCUT2D eigenvalue weighted by Gasteiger charge is 2.03. The summed E-state index contributed by atoms with van der Waals surface area (Å²) < 4.78 is 5.35. The molecule has 0 fully saturated rings. The Morgan fingerprint density at radius 2 is 2.31 bits per heavy atom. The van der Waals surface area contributed by atoms with Gasteiger partial charge in [-0.1, -0.05) is 6.92 Å². The van der Waals surface area contributed by atoms with Crippen molar-refractivity contribution in [3.05, 3.63) is 39.7 Å². The lowest BCUT2D eigenvalue weighted by atomic mass is 10.3. The molecule has 16 heavy (non-hydrogen) atoms. The fourth-order valence-corrected chi connectivity index (χ4v) is 2.23. The van der Waals surface area contributed by atoms with Gasteiger partial charge in [0.05, 0.1) is 23.5 Å². The highest BCUT2D eigenvalue weighted by atomic mass is 32.1. The Kier molecular flexibility index (Phi) is 3.74. The summed E-state index contributed by atoms with van der Waals surface area (Å²) >= 11 is 1.73. The molecule has 0 spiro atoms. The number of rotatable bonds is 5. The largest absolute Gasteiger partial charge is 0.468 e. The van der Waals surface area contributed by atoms with Crippen LogP contribution in [-0.2, 0) is 19.5 Å².